The SMILES string of the molecule is Cc1ccc(N)c(-c2cc(C)c(C)cc2N)c1. The van der Waals surface area contributed by atoms with E-state index in [4.69, 9.17) is 11.5 Å². The average molecular weight is 226 g/mol. The number of nitrogen functional groups attached to an aromatic ring is 2. The Morgan fingerprint density at radius 2 is 1.29 bits per heavy atom. The van der Waals surface area contributed by atoms with E-state index in [-0.39, 0.29) is 0 Å². The Morgan fingerprint density at radius 3 is 2.00 bits per heavy atom. The highest BCUT2D eigenvalue weighted by Crippen LogP contribution is 2.33. The molecule has 0 unspecified atom stereocenters. The van der Waals surface area contributed by atoms with E-state index in [0.717, 1.165) is 22.5 Å². The van der Waals surface area contributed by atoms with E-state index in [1.807, 2.05) is 18.2 Å². The van der Waals surface area contributed by atoms with Crippen molar-refractivity contribution in [3.05, 3.63) is 47.0 Å². The molecule has 0 saturated carbocycles. The molecule has 2 aromatic rings. The second-order valence-corrected chi connectivity index (χ2v) is 4.61. The molecule has 0 saturated heterocycles. The second kappa shape index (κ2) is 4.13. The van der Waals surface area contributed by atoms with Gasteiger partial charge in [-0.15, -0.1) is 0 Å². The normalized spacial score (nSPS) is 10.5. The van der Waals surface area contributed by atoms with Crippen molar-refractivity contribution in [3.8, 4) is 11.1 Å². The summed E-state index contributed by atoms with van der Waals surface area (Å²) < 4.78 is 0. The van der Waals surface area contributed by atoms with Gasteiger partial charge in [-0.1, -0.05) is 11.6 Å². The molecule has 0 heterocycles. The van der Waals surface area contributed by atoms with Crippen LogP contribution in [0.1, 0.15) is 16.7 Å². The minimum Gasteiger partial charge on any atom is -0.398 e. The summed E-state index contributed by atoms with van der Waals surface area (Å²) in [5.41, 5.74) is 19.3. The highest BCUT2D eigenvalue weighted by molar-refractivity contribution is 5.85. The lowest BCUT2D eigenvalue weighted by atomic mass is 9.96. The maximum Gasteiger partial charge on any atom is 0.0397 e. The fraction of sp³-hybridized carbons (Fsp3) is 0.200. The van der Waals surface area contributed by atoms with Gasteiger partial charge in [0.25, 0.3) is 0 Å². The highest BCUT2D eigenvalue weighted by atomic mass is 14.6. The van der Waals surface area contributed by atoms with Crippen molar-refractivity contribution >= 4 is 11.4 Å². The van der Waals surface area contributed by atoms with Crippen LogP contribution in [0.4, 0.5) is 11.4 Å². The molecule has 88 valence electrons. The van der Waals surface area contributed by atoms with Crippen LogP contribution >= 0.6 is 0 Å². The van der Waals surface area contributed by atoms with Gasteiger partial charge in [0.05, 0.1) is 0 Å². The molecule has 0 aliphatic heterocycles. The molecule has 0 aliphatic carbocycles. The first-order valence-electron chi connectivity index (χ1n) is 5.72. The minimum atomic E-state index is 0.769. The zero-order chi connectivity index (χ0) is 12.6. The first-order valence-corrected chi connectivity index (χ1v) is 5.72. The fourth-order valence-electron chi connectivity index (χ4n) is 1.98. The number of nitrogens with two attached hydrogens (primary N) is 2. The topological polar surface area (TPSA) is 52.0 Å². The van der Waals surface area contributed by atoms with Crippen molar-refractivity contribution in [1.29, 1.82) is 0 Å². The largest absolute Gasteiger partial charge is 0.398 e. The molecule has 17 heavy (non-hydrogen) atoms. The molecule has 2 nitrogen and oxygen atoms in total. The van der Waals surface area contributed by atoms with Crippen LogP contribution in [-0.2, 0) is 0 Å². The van der Waals surface area contributed by atoms with Gasteiger partial charge in [-0.05, 0) is 56.2 Å². The summed E-state index contributed by atoms with van der Waals surface area (Å²) in [4.78, 5) is 0. The van der Waals surface area contributed by atoms with Crippen LogP contribution in [-0.4, -0.2) is 0 Å². The molecule has 0 aliphatic rings. The van der Waals surface area contributed by atoms with Crippen molar-refractivity contribution in [1.82, 2.24) is 0 Å². The third-order valence-corrected chi connectivity index (χ3v) is 3.16. The van der Waals surface area contributed by atoms with Gasteiger partial charge in [-0.2, -0.15) is 0 Å². The summed E-state index contributed by atoms with van der Waals surface area (Å²) in [5, 5.41) is 0. The van der Waals surface area contributed by atoms with Crippen LogP contribution in [0.5, 0.6) is 0 Å². The van der Waals surface area contributed by atoms with E-state index in [9.17, 15) is 0 Å². The molecule has 2 aromatic carbocycles. The van der Waals surface area contributed by atoms with Crippen LogP contribution in [0.15, 0.2) is 30.3 Å². The Hall–Kier alpha value is -1.96. The lowest BCUT2D eigenvalue weighted by molar-refractivity contribution is 1.34. The predicted octanol–water partition coefficient (Wildman–Crippen LogP) is 3.44. The zero-order valence-electron chi connectivity index (χ0n) is 10.5. The van der Waals surface area contributed by atoms with Crippen LogP contribution in [0, 0.1) is 20.8 Å². The molecule has 0 amide bonds. The summed E-state index contributed by atoms with van der Waals surface area (Å²) >= 11 is 0. The van der Waals surface area contributed by atoms with Gasteiger partial charge >= 0.3 is 0 Å². The molecule has 0 aromatic heterocycles. The van der Waals surface area contributed by atoms with Crippen LogP contribution in [0.3, 0.4) is 0 Å². The third-order valence-electron chi connectivity index (χ3n) is 3.16. The quantitative estimate of drug-likeness (QED) is 0.732. The Bertz CT molecular complexity index is 571. The van der Waals surface area contributed by atoms with E-state index >= 15 is 0 Å². The van der Waals surface area contributed by atoms with Crippen molar-refractivity contribution < 1.29 is 0 Å². The first kappa shape index (κ1) is 11.5. The van der Waals surface area contributed by atoms with Crippen molar-refractivity contribution in [3.63, 3.8) is 0 Å². The summed E-state index contributed by atoms with van der Waals surface area (Å²) in [6.07, 6.45) is 0. The second-order valence-electron chi connectivity index (χ2n) is 4.61. The number of hydrogen-bond acceptors (Lipinski definition) is 2. The predicted molar refractivity (Wildman–Crippen MR) is 74.9 cm³/mol. The van der Waals surface area contributed by atoms with Gasteiger partial charge < -0.3 is 11.5 Å². The standard InChI is InChI=1S/C15H18N2/c1-9-4-5-14(16)12(6-9)13-7-10(2)11(3)8-15(13)17/h4-8H,16-17H2,1-3H3. The van der Waals surface area contributed by atoms with Gasteiger partial charge in [0.2, 0.25) is 0 Å². The van der Waals surface area contributed by atoms with E-state index < -0.39 is 0 Å². The molecule has 0 bridgehead atoms. The number of anilines is 2. The van der Waals surface area contributed by atoms with E-state index in [1.54, 1.807) is 0 Å². The van der Waals surface area contributed by atoms with Crippen molar-refractivity contribution in [2.75, 3.05) is 11.5 Å². The Labute approximate surface area is 102 Å². The molecule has 0 atom stereocenters. The molecular weight excluding hydrogens is 208 g/mol. The van der Waals surface area contributed by atoms with Crippen molar-refractivity contribution in [2.24, 2.45) is 0 Å². The number of aryl methyl sites for hydroxylation is 3. The summed E-state index contributed by atoms with van der Waals surface area (Å²) in [6.45, 7) is 6.21. The molecule has 2 rings (SSSR count). The van der Waals surface area contributed by atoms with Gasteiger partial charge in [0.1, 0.15) is 0 Å². The van der Waals surface area contributed by atoms with Gasteiger partial charge in [0, 0.05) is 22.5 Å². The Kier molecular flexibility index (Phi) is 2.80. The molecule has 0 spiro atoms. The number of benzene rings is 2. The van der Waals surface area contributed by atoms with Gasteiger partial charge in [0.15, 0.2) is 0 Å². The maximum absolute atomic E-state index is 6.09. The van der Waals surface area contributed by atoms with Gasteiger partial charge in [-0.3, -0.25) is 0 Å². The highest BCUT2D eigenvalue weighted by Gasteiger charge is 2.08. The monoisotopic (exact) mass is 226 g/mol. The zero-order valence-corrected chi connectivity index (χ0v) is 10.5. The molecule has 2 heteroatoms. The maximum atomic E-state index is 6.09. The molecular formula is C15H18N2. The van der Waals surface area contributed by atoms with Crippen molar-refractivity contribution in [2.45, 2.75) is 20.8 Å². The van der Waals surface area contributed by atoms with E-state index in [1.165, 1.54) is 16.7 Å². The molecule has 4 N–H and O–H groups in total. The Morgan fingerprint density at radius 1 is 0.706 bits per heavy atom. The third kappa shape index (κ3) is 2.11. The van der Waals surface area contributed by atoms with Gasteiger partial charge in [-0.25, -0.2) is 0 Å². The van der Waals surface area contributed by atoms with Crippen LogP contribution in [0.2, 0.25) is 0 Å². The van der Waals surface area contributed by atoms with Crippen LogP contribution < -0.4 is 11.5 Å². The van der Waals surface area contributed by atoms with E-state index in [2.05, 4.69) is 32.9 Å². The average Bonchev–Trinajstić information content (AvgIpc) is 2.27. The molecule has 0 radical (unpaired) electrons. The lowest BCUT2D eigenvalue weighted by Crippen LogP contribution is -1.97. The van der Waals surface area contributed by atoms with E-state index in [0.29, 0.717) is 0 Å². The summed E-state index contributed by atoms with van der Waals surface area (Å²) in [5.74, 6) is 0. The number of hydrogen-bond donors (Lipinski definition) is 2. The first-order chi connectivity index (χ1) is 7.99. The number of rotatable bonds is 1. The smallest absolute Gasteiger partial charge is 0.0397 e. The summed E-state index contributed by atoms with van der Waals surface area (Å²) in [7, 11) is 0. The Balaban J connectivity index is 2.68. The lowest BCUT2D eigenvalue weighted by Gasteiger charge is -2.12. The summed E-state index contributed by atoms with van der Waals surface area (Å²) in [6, 6.07) is 10.1. The van der Waals surface area contributed by atoms with Crippen LogP contribution in [0.25, 0.3) is 11.1 Å². The molecule has 0 fully saturated rings. The fourth-order valence-corrected chi connectivity index (χ4v) is 1.98. The minimum absolute atomic E-state index is 0.769.